The van der Waals surface area contributed by atoms with Crippen LogP contribution in [0.5, 0.6) is 0 Å². The highest BCUT2D eigenvalue weighted by molar-refractivity contribution is 6.21. The van der Waals surface area contributed by atoms with Crippen molar-refractivity contribution in [2.45, 2.75) is 12.8 Å². The summed E-state index contributed by atoms with van der Waals surface area (Å²) in [5.74, 6) is -1.82. The summed E-state index contributed by atoms with van der Waals surface area (Å²) in [7, 11) is 2.43. The summed E-state index contributed by atoms with van der Waals surface area (Å²) in [6.07, 6.45) is 2.17. The standard InChI is InChI=1S/C24H21NO6.C8H11N/c1-30-23(28)18-11-10-17(22(27)25-13-12-15-6-4-3-5-7-15)21-19(24(29)31-2)9-8-16(14-26)20(18)21;9-7-6-8-4-2-1-3-5-8/h3-11,14H,12-13H2,1-2H3,(H,25,27);1-5H,6-7,9H2. The summed E-state index contributed by atoms with van der Waals surface area (Å²) in [4.78, 5) is 49.4. The fourth-order valence-corrected chi connectivity index (χ4v) is 4.24. The van der Waals surface area contributed by atoms with Gasteiger partial charge >= 0.3 is 11.9 Å². The number of nitrogens with two attached hydrogens (primary N) is 1. The summed E-state index contributed by atoms with van der Waals surface area (Å²) in [6, 6.07) is 25.6. The van der Waals surface area contributed by atoms with Crippen LogP contribution in [0.2, 0.25) is 0 Å². The first kappa shape index (κ1) is 29.7. The minimum absolute atomic E-state index is 0.0714. The molecule has 8 nitrogen and oxygen atoms in total. The molecule has 0 saturated heterocycles. The Hall–Kier alpha value is -4.82. The second-order valence-electron chi connectivity index (χ2n) is 8.73. The van der Waals surface area contributed by atoms with E-state index in [4.69, 9.17) is 15.2 Å². The molecule has 1 amide bonds. The first-order chi connectivity index (χ1) is 19.4. The van der Waals surface area contributed by atoms with Gasteiger partial charge in [-0.05, 0) is 48.7 Å². The Morgan fingerprint density at radius 2 is 1.20 bits per heavy atom. The number of amides is 1. The molecule has 206 valence electrons. The second kappa shape index (κ2) is 14.9. The van der Waals surface area contributed by atoms with Gasteiger partial charge in [-0.1, -0.05) is 66.7 Å². The minimum atomic E-state index is -0.692. The van der Waals surface area contributed by atoms with Crippen LogP contribution in [0.4, 0.5) is 0 Å². The lowest BCUT2D eigenvalue weighted by molar-refractivity contribution is 0.0592. The van der Waals surface area contributed by atoms with Gasteiger partial charge in [-0.15, -0.1) is 0 Å². The van der Waals surface area contributed by atoms with E-state index in [1.807, 2.05) is 48.5 Å². The predicted molar refractivity (Wildman–Crippen MR) is 154 cm³/mol. The van der Waals surface area contributed by atoms with Crippen LogP contribution in [0, 0.1) is 0 Å². The van der Waals surface area contributed by atoms with E-state index in [0.717, 1.165) is 18.5 Å². The van der Waals surface area contributed by atoms with E-state index < -0.39 is 17.8 Å². The molecule has 0 saturated carbocycles. The van der Waals surface area contributed by atoms with E-state index in [0.29, 0.717) is 19.3 Å². The number of rotatable bonds is 9. The van der Waals surface area contributed by atoms with Gasteiger partial charge in [-0.3, -0.25) is 9.59 Å². The van der Waals surface area contributed by atoms with E-state index >= 15 is 0 Å². The summed E-state index contributed by atoms with van der Waals surface area (Å²) in [5, 5.41) is 3.16. The highest BCUT2D eigenvalue weighted by Crippen LogP contribution is 2.30. The van der Waals surface area contributed by atoms with Gasteiger partial charge < -0.3 is 20.5 Å². The molecule has 4 rings (SSSR count). The quantitative estimate of drug-likeness (QED) is 0.238. The van der Waals surface area contributed by atoms with Crippen LogP contribution in [0.15, 0.2) is 84.9 Å². The highest BCUT2D eigenvalue weighted by atomic mass is 16.5. The minimum Gasteiger partial charge on any atom is -0.465 e. The molecule has 0 spiro atoms. The lowest BCUT2D eigenvalue weighted by Gasteiger charge is -2.15. The van der Waals surface area contributed by atoms with Gasteiger partial charge in [0.1, 0.15) is 0 Å². The third-order valence-electron chi connectivity index (χ3n) is 6.19. The maximum Gasteiger partial charge on any atom is 0.338 e. The zero-order chi connectivity index (χ0) is 28.9. The van der Waals surface area contributed by atoms with Crippen molar-refractivity contribution in [2.75, 3.05) is 27.3 Å². The number of aldehydes is 1. The SMILES string of the molecule is COC(=O)c1ccc(C(=O)NCCc2ccccc2)c2c(C(=O)OC)ccc(C=O)c12.NCCc1ccccc1. The molecule has 8 heteroatoms. The molecule has 40 heavy (non-hydrogen) atoms. The highest BCUT2D eigenvalue weighted by Gasteiger charge is 2.24. The fraction of sp³-hybridized carbons (Fsp3) is 0.188. The number of carbonyl (C=O) groups is 4. The monoisotopic (exact) mass is 540 g/mol. The zero-order valence-electron chi connectivity index (χ0n) is 22.5. The number of ether oxygens (including phenoxy) is 2. The van der Waals surface area contributed by atoms with Crippen molar-refractivity contribution in [3.63, 3.8) is 0 Å². The molecule has 0 aliphatic carbocycles. The van der Waals surface area contributed by atoms with E-state index in [1.165, 1.54) is 44.0 Å². The van der Waals surface area contributed by atoms with Crippen LogP contribution in [-0.2, 0) is 22.3 Å². The van der Waals surface area contributed by atoms with Crippen LogP contribution in [0.25, 0.3) is 10.8 Å². The van der Waals surface area contributed by atoms with Crippen LogP contribution in [0.3, 0.4) is 0 Å². The molecule has 0 aliphatic heterocycles. The summed E-state index contributed by atoms with van der Waals surface area (Å²) in [5.41, 5.74) is 8.20. The summed E-state index contributed by atoms with van der Waals surface area (Å²) >= 11 is 0. The Morgan fingerprint density at radius 1 is 0.700 bits per heavy atom. The van der Waals surface area contributed by atoms with Crippen molar-refractivity contribution in [3.8, 4) is 0 Å². The number of hydrogen-bond acceptors (Lipinski definition) is 7. The second-order valence-corrected chi connectivity index (χ2v) is 8.73. The van der Waals surface area contributed by atoms with Gasteiger partial charge in [-0.2, -0.15) is 0 Å². The Bertz CT molecular complexity index is 1470. The molecule has 0 aliphatic rings. The molecule has 0 fully saturated rings. The van der Waals surface area contributed by atoms with Gasteiger partial charge in [0, 0.05) is 28.4 Å². The Kier molecular flexibility index (Phi) is 11.1. The number of benzene rings is 4. The van der Waals surface area contributed by atoms with Crippen LogP contribution < -0.4 is 11.1 Å². The van der Waals surface area contributed by atoms with Gasteiger partial charge in [0.05, 0.1) is 25.3 Å². The lowest BCUT2D eigenvalue weighted by atomic mass is 9.91. The van der Waals surface area contributed by atoms with Crippen molar-refractivity contribution < 1.29 is 28.7 Å². The molecule has 0 heterocycles. The van der Waals surface area contributed by atoms with Crippen molar-refractivity contribution in [3.05, 3.63) is 118 Å². The van der Waals surface area contributed by atoms with Gasteiger partial charge in [0.25, 0.3) is 5.91 Å². The lowest BCUT2D eigenvalue weighted by Crippen LogP contribution is -2.26. The van der Waals surface area contributed by atoms with Crippen molar-refractivity contribution in [2.24, 2.45) is 5.73 Å². The summed E-state index contributed by atoms with van der Waals surface area (Å²) in [6.45, 7) is 1.11. The van der Waals surface area contributed by atoms with Crippen molar-refractivity contribution >= 4 is 34.9 Å². The zero-order valence-corrected chi connectivity index (χ0v) is 22.5. The number of methoxy groups -OCH3 is 2. The van der Waals surface area contributed by atoms with Crippen molar-refractivity contribution in [1.29, 1.82) is 0 Å². The largest absolute Gasteiger partial charge is 0.465 e. The van der Waals surface area contributed by atoms with Crippen LogP contribution in [0.1, 0.15) is 52.6 Å². The van der Waals surface area contributed by atoms with Crippen LogP contribution >= 0.6 is 0 Å². The Balaban J connectivity index is 0.000000415. The summed E-state index contributed by atoms with van der Waals surface area (Å²) < 4.78 is 9.66. The topological polar surface area (TPSA) is 125 Å². The van der Waals surface area contributed by atoms with E-state index in [9.17, 15) is 19.2 Å². The first-order valence-corrected chi connectivity index (χ1v) is 12.7. The fourth-order valence-electron chi connectivity index (χ4n) is 4.24. The molecule has 0 unspecified atom stereocenters. The van der Waals surface area contributed by atoms with Gasteiger partial charge in [0.15, 0.2) is 6.29 Å². The maximum atomic E-state index is 13.0. The van der Waals surface area contributed by atoms with Crippen molar-refractivity contribution in [1.82, 2.24) is 5.32 Å². The molecule has 4 aromatic rings. The average molecular weight is 541 g/mol. The number of esters is 2. The molecule has 4 aromatic carbocycles. The van der Waals surface area contributed by atoms with E-state index in [-0.39, 0.29) is 33.0 Å². The van der Waals surface area contributed by atoms with E-state index in [1.54, 1.807) is 0 Å². The third-order valence-corrected chi connectivity index (χ3v) is 6.19. The molecule has 3 N–H and O–H groups in total. The number of nitrogens with one attached hydrogen (secondary N) is 1. The Labute approximate surface area is 233 Å². The maximum absolute atomic E-state index is 13.0. The van der Waals surface area contributed by atoms with E-state index in [2.05, 4.69) is 17.4 Å². The third kappa shape index (κ3) is 7.39. The predicted octanol–water partition coefficient (Wildman–Crippen LogP) is 4.39. The van der Waals surface area contributed by atoms with Gasteiger partial charge in [0.2, 0.25) is 0 Å². The normalized spacial score (nSPS) is 10.2. The Morgan fingerprint density at radius 3 is 1.73 bits per heavy atom. The molecule has 0 atom stereocenters. The number of hydrogen-bond donors (Lipinski definition) is 2. The first-order valence-electron chi connectivity index (χ1n) is 12.7. The number of fused-ring (bicyclic) bond motifs is 1. The van der Waals surface area contributed by atoms with Crippen LogP contribution in [-0.4, -0.2) is 51.4 Å². The number of carbonyl (C=O) groups excluding carboxylic acids is 4. The molecular formula is C32H32N2O6. The molecule has 0 aromatic heterocycles. The molecular weight excluding hydrogens is 508 g/mol. The molecule has 0 bridgehead atoms. The molecule has 0 radical (unpaired) electrons. The van der Waals surface area contributed by atoms with Gasteiger partial charge in [-0.25, -0.2) is 9.59 Å². The smallest absolute Gasteiger partial charge is 0.338 e. The average Bonchev–Trinajstić information content (AvgIpc) is 3.00.